The van der Waals surface area contributed by atoms with Crippen LogP contribution in [0.15, 0.2) is 71.6 Å². The first kappa shape index (κ1) is 19.1. The SMILES string of the molecule is Cc1ccc(S(=O)(=O)CCC(=O)N[C@H](C)c2cccc3ccccc23)cc1. The minimum Gasteiger partial charge on any atom is -0.350 e. The molecule has 5 heteroatoms. The van der Waals surface area contributed by atoms with E-state index in [1.54, 1.807) is 24.3 Å². The molecule has 0 unspecified atom stereocenters. The fraction of sp³-hybridized carbons (Fsp3) is 0.227. The van der Waals surface area contributed by atoms with Crippen molar-refractivity contribution in [3.8, 4) is 0 Å². The van der Waals surface area contributed by atoms with Crippen LogP contribution in [-0.2, 0) is 14.6 Å². The molecule has 1 N–H and O–H groups in total. The number of hydrogen-bond donors (Lipinski definition) is 1. The summed E-state index contributed by atoms with van der Waals surface area (Å²) < 4.78 is 24.8. The number of nitrogens with one attached hydrogen (secondary N) is 1. The maximum atomic E-state index is 12.4. The van der Waals surface area contributed by atoms with E-state index in [0.717, 1.165) is 21.9 Å². The van der Waals surface area contributed by atoms with Crippen LogP contribution in [0.25, 0.3) is 10.8 Å². The van der Waals surface area contributed by atoms with Gasteiger partial charge < -0.3 is 5.32 Å². The maximum Gasteiger partial charge on any atom is 0.221 e. The van der Waals surface area contributed by atoms with Gasteiger partial charge in [-0.1, -0.05) is 60.2 Å². The minimum absolute atomic E-state index is 0.0642. The van der Waals surface area contributed by atoms with Crippen molar-refractivity contribution in [3.63, 3.8) is 0 Å². The van der Waals surface area contributed by atoms with Crippen LogP contribution in [0.5, 0.6) is 0 Å². The van der Waals surface area contributed by atoms with Crippen LogP contribution >= 0.6 is 0 Å². The lowest BCUT2D eigenvalue weighted by Gasteiger charge is -2.16. The maximum absolute atomic E-state index is 12.4. The zero-order chi connectivity index (χ0) is 19.4. The molecule has 0 bridgehead atoms. The number of sulfone groups is 1. The van der Waals surface area contributed by atoms with Crippen molar-refractivity contribution in [2.24, 2.45) is 0 Å². The fourth-order valence-corrected chi connectivity index (χ4v) is 4.35. The number of amides is 1. The molecular formula is C22H23NO3S. The summed E-state index contributed by atoms with van der Waals surface area (Å²) in [7, 11) is -3.47. The molecule has 0 aliphatic carbocycles. The van der Waals surface area contributed by atoms with Gasteiger partial charge in [0.2, 0.25) is 5.91 Å². The molecule has 140 valence electrons. The summed E-state index contributed by atoms with van der Waals surface area (Å²) in [5.74, 6) is -0.476. The third-order valence-corrected chi connectivity index (χ3v) is 6.38. The average molecular weight is 381 g/mol. The molecule has 0 heterocycles. The van der Waals surface area contributed by atoms with Crippen molar-refractivity contribution >= 4 is 26.5 Å². The van der Waals surface area contributed by atoms with Crippen LogP contribution in [0.4, 0.5) is 0 Å². The first-order valence-electron chi connectivity index (χ1n) is 8.93. The Kier molecular flexibility index (Phi) is 5.61. The summed E-state index contributed by atoms with van der Waals surface area (Å²) in [6.07, 6.45) is -0.0642. The Morgan fingerprint density at radius 1 is 0.963 bits per heavy atom. The Morgan fingerprint density at radius 2 is 1.63 bits per heavy atom. The van der Waals surface area contributed by atoms with Gasteiger partial charge >= 0.3 is 0 Å². The third kappa shape index (κ3) is 4.55. The molecule has 0 aliphatic rings. The number of hydrogen-bond acceptors (Lipinski definition) is 3. The quantitative estimate of drug-likeness (QED) is 0.696. The molecule has 0 fully saturated rings. The molecule has 0 aliphatic heterocycles. The van der Waals surface area contributed by atoms with Crippen molar-refractivity contribution in [1.29, 1.82) is 0 Å². The number of aryl methyl sites for hydroxylation is 1. The summed E-state index contributed by atoms with van der Waals surface area (Å²) in [4.78, 5) is 12.6. The molecule has 0 spiro atoms. The summed E-state index contributed by atoms with van der Waals surface area (Å²) in [5.41, 5.74) is 2.01. The molecule has 3 rings (SSSR count). The fourth-order valence-electron chi connectivity index (χ4n) is 3.11. The van der Waals surface area contributed by atoms with Crippen molar-refractivity contribution in [3.05, 3.63) is 77.9 Å². The van der Waals surface area contributed by atoms with Crippen molar-refractivity contribution < 1.29 is 13.2 Å². The third-order valence-electron chi connectivity index (χ3n) is 4.65. The standard InChI is InChI=1S/C22H23NO3S/c1-16-10-12-19(13-11-16)27(25,26)15-14-22(24)23-17(2)20-9-5-7-18-6-3-4-8-21(18)20/h3-13,17H,14-15H2,1-2H3,(H,23,24)/t17-/m1/s1. The zero-order valence-corrected chi connectivity index (χ0v) is 16.3. The van der Waals surface area contributed by atoms with Gasteiger partial charge in [0.15, 0.2) is 9.84 Å². The van der Waals surface area contributed by atoms with Gasteiger partial charge in [-0.15, -0.1) is 0 Å². The number of carbonyl (C=O) groups is 1. The lowest BCUT2D eigenvalue weighted by Crippen LogP contribution is -2.28. The van der Waals surface area contributed by atoms with Gasteiger partial charge in [-0.05, 0) is 42.3 Å². The molecule has 27 heavy (non-hydrogen) atoms. The predicted octanol–water partition coefficient (Wildman–Crippen LogP) is 4.19. The Morgan fingerprint density at radius 3 is 2.37 bits per heavy atom. The molecule has 1 atom stereocenters. The zero-order valence-electron chi connectivity index (χ0n) is 15.5. The van der Waals surface area contributed by atoms with E-state index in [-0.39, 0.29) is 29.0 Å². The van der Waals surface area contributed by atoms with Gasteiger partial charge in [0, 0.05) is 6.42 Å². The number of fused-ring (bicyclic) bond motifs is 1. The molecule has 1 amide bonds. The molecule has 0 aromatic heterocycles. The Balaban J connectivity index is 1.66. The Bertz CT molecular complexity index is 1050. The summed E-state index contributed by atoms with van der Waals surface area (Å²) >= 11 is 0. The normalized spacial score (nSPS) is 12.7. The Labute approximate surface area is 160 Å². The smallest absolute Gasteiger partial charge is 0.221 e. The topological polar surface area (TPSA) is 63.2 Å². The molecule has 3 aromatic carbocycles. The highest BCUT2D eigenvalue weighted by Gasteiger charge is 2.18. The number of rotatable bonds is 6. The van der Waals surface area contributed by atoms with Crippen LogP contribution in [0.3, 0.4) is 0 Å². The van der Waals surface area contributed by atoms with E-state index in [4.69, 9.17) is 0 Å². The van der Waals surface area contributed by atoms with E-state index in [1.165, 1.54) is 0 Å². The van der Waals surface area contributed by atoms with Crippen LogP contribution in [0.1, 0.15) is 30.5 Å². The average Bonchev–Trinajstić information content (AvgIpc) is 2.66. The summed E-state index contributed by atoms with van der Waals surface area (Å²) in [6, 6.07) is 20.5. The lowest BCUT2D eigenvalue weighted by atomic mass is 9.99. The van der Waals surface area contributed by atoms with Crippen molar-refractivity contribution in [1.82, 2.24) is 5.32 Å². The second-order valence-corrected chi connectivity index (χ2v) is 8.85. The van der Waals surface area contributed by atoms with Gasteiger partial charge in [0.25, 0.3) is 0 Å². The Hall–Kier alpha value is -2.66. The largest absolute Gasteiger partial charge is 0.350 e. The molecule has 3 aromatic rings. The van der Waals surface area contributed by atoms with Gasteiger partial charge in [0.1, 0.15) is 0 Å². The number of carbonyl (C=O) groups excluding carboxylic acids is 1. The predicted molar refractivity (Wildman–Crippen MR) is 108 cm³/mol. The monoisotopic (exact) mass is 381 g/mol. The molecule has 0 saturated heterocycles. The molecule has 0 radical (unpaired) electrons. The van der Waals surface area contributed by atoms with Gasteiger partial charge in [-0.2, -0.15) is 0 Å². The molecule has 0 saturated carbocycles. The molecule has 4 nitrogen and oxygen atoms in total. The van der Waals surface area contributed by atoms with E-state index in [0.29, 0.717) is 0 Å². The molecular weight excluding hydrogens is 358 g/mol. The van der Waals surface area contributed by atoms with E-state index in [1.807, 2.05) is 56.3 Å². The van der Waals surface area contributed by atoms with E-state index >= 15 is 0 Å². The van der Waals surface area contributed by atoms with Crippen LogP contribution in [0, 0.1) is 6.92 Å². The van der Waals surface area contributed by atoms with Crippen LogP contribution in [-0.4, -0.2) is 20.1 Å². The summed E-state index contributed by atoms with van der Waals surface area (Å²) in [5, 5.41) is 5.11. The van der Waals surface area contributed by atoms with Crippen molar-refractivity contribution in [2.75, 3.05) is 5.75 Å². The van der Waals surface area contributed by atoms with E-state index in [9.17, 15) is 13.2 Å². The number of benzene rings is 3. The first-order chi connectivity index (χ1) is 12.9. The van der Waals surface area contributed by atoms with Gasteiger partial charge in [0.05, 0.1) is 16.7 Å². The van der Waals surface area contributed by atoms with E-state index < -0.39 is 9.84 Å². The minimum atomic E-state index is -3.47. The van der Waals surface area contributed by atoms with Crippen LogP contribution in [0.2, 0.25) is 0 Å². The highest BCUT2D eigenvalue weighted by Crippen LogP contribution is 2.24. The second kappa shape index (κ2) is 7.92. The summed E-state index contributed by atoms with van der Waals surface area (Å²) in [6.45, 7) is 3.81. The highest BCUT2D eigenvalue weighted by molar-refractivity contribution is 7.91. The first-order valence-corrected chi connectivity index (χ1v) is 10.6. The highest BCUT2D eigenvalue weighted by atomic mass is 32.2. The van der Waals surface area contributed by atoms with Crippen molar-refractivity contribution in [2.45, 2.75) is 31.2 Å². The van der Waals surface area contributed by atoms with Crippen LogP contribution < -0.4 is 5.32 Å². The lowest BCUT2D eigenvalue weighted by molar-refractivity contribution is -0.121. The van der Waals surface area contributed by atoms with Gasteiger partial charge in [-0.25, -0.2) is 8.42 Å². The van der Waals surface area contributed by atoms with Gasteiger partial charge in [-0.3, -0.25) is 4.79 Å². The second-order valence-electron chi connectivity index (χ2n) is 6.74. The van der Waals surface area contributed by atoms with E-state index in [2.05, 4.69) is 5.32 Å².